The quantitative estimate of drug-likeness (QED) is 0.247. The molecule has 188 valence electrons. The number of sulfonamides is 1. The highest BCUT2D eigenvalue weighted by Gasteiger charge is 2.34. The molecule has 0 spiro atoms. The maximum Gasteiger partial charge on any atom is 0.264 e. The molecule has 0 saturated carbocycles. The van der Waals surface area contributed by atoms with Gasteiger partial charge in [-0.1, -0.05) is 35.0 Å². The molecule has 3 aromatic carbocycles. The van der Waals surface area contributed by atoms with Crippen LogP contribution in [0.25, 0.3) is 0 Å². The zero-order chi connectivity index (χ0) is 25.7. The number of aromatic nitrogens is 3. The summed E-state index contributed by atoms with van der Waals surface area (Å²) in [6, 6.07) is 14.1. The third-order valence-electron chi connectivity index (χ3n) is 5.50. The van der Waals surface area contributed by atoms with Gasteiger partial charge in [0.25, 0.3) is 10.0 Å². The van der Waals surface area contributed by atoms with Gasteiger partial charge in [-0.2, -0.15) is 0 Å². The zero-order valence-electron chi connectivity index (χ0n) is 19.3. The molecule has 11 heteroatoms. The maximum absolute atomic E-state index is 15.0. The molecule has 1 aromatic heterocycles. The Balaban J connectivity index is 1.70. The Bertz CT molecular complexity index is 1420. The topological polar surface area (TPSA) is 77.3 Å². The first kappa shape index (κ1) is 25.6. The molecule has 0 saturated heterocycles. The Kier molecular flexibility index (Phi) is 7.85. The number of nitrogens with zero attached hydrogens (tertiary/aromatic N) is 4. The minimum absolute atomic E-state index is 0.117. The molecule has 0 aliphatic rings. The van der Waals surface area contributed by atoms with Crippen molar-refractivity contribution in [1.82, 2.24) is 15.0 Å². The molecule has 0 N–H and O–H groups in total. The van der Waals surface area contributed by atoms with Crippen molar-refractivity contribution < 1.29 is 21.9 Å². The second-order valence-electron chi connectivity index (χ2n) is 7.93. The van der Waals surface area contributed by atoms with Crippen molar-refractivity contribution in [3.63, 3.8) is 0 Å². The lowest BCUT2D eigenvalue weighted by atomic mass is 10.1. The number of rotatable bonds is 10. The fourth-order valence-corrected chi connectivity index (χ4v) is 5.53. The van der Waals surface area contributed by atoms with Gasteiger partial charge in [0.1, 0.15) is 17.4 Å². The Morgan fingerprint density at radius 1 is 1.08 bits per heavy atom. The van der Waals surface area contributed by atoms with E-state index in [0.29, 0.717) is 35.9 Å². The molecule has 0 fully saturated rings. The van der Waals surface area contributed by atoms with E-state index in [-0.39, 0.29) is 4.90 Å². The van der Waals surface area contributed by atoms with Gasteiger partial charge < -0.3 is 4.74 Å². The van der Waals surface area contributed by atoms with E-state index in [9.17, 15) is 17.2 Å². The van der Waals surface area contributed by atoms with E-state index in [1.165, 1.54) is 24.3 Å². The van der Waals surface area contributed by atoms with Crippen LogP contribution in [0.3, 0.4) is 0 Å². The summed E-state index contributed by atoms with van der Waals surface area (Å²) in [4.78, 5) is -0.117. The highest BCUT2D eigenvalue weighted by atomic mass is 35.5. The van der Waals surface area contributed by atoms with E-state index in [0.717, 1.165) is 22.5 Å². The normalized spacial score (nSPS) is 12.3. The third-order valence-corrected chi connectivity index (χ3v) is 7.65. The van der Waals surface area contributed by atoms with Crippen LogP contribution in [-0.4, -0.2) is 30.0 Å². The molecule has 36 heavy (non-hydrogen) atoms. The van der Waals surface area contributed by atoms with Crippen LogP contribution in [0.5, 0.6) is 5.75 Å². The van der Waals surface area contributed by atoms with Crippen molar-refractivity contribution in [2.75, 3.05) is 10.9 Å². The molecule has 0 aliphatic carbocycles. The van der Waals surface area contributed by atoms with Gasteiger partial charge in [-0.25, -0.2) is 17.2 Å². The predicted octanol–water partition coefficient (Wildman–Crippen LogP) is 5.64. The van der Waals surface area contributed by atoms with Crippen LogP contribution in [0.2, 0.25) is 5.02 Å². The van der Waals surface area contributed by atoms with E-state index >= 15 is 0 Å². The van der Waals surface area contributed by atoms with Crippen molar-refractivity contribution in [3.05, 3.63) is 101 Å². The second-order valence-corrected chi connectivity index (χ2v) is 10.2. The van der Waals surface area contributed by atoms with Crippen LogP contribution >= 0.6 is 11.6 Å². The van der Waals surface area contributed by atoms with Crippen molar-refractivity contribution in [1.29, 1.82) is 0 Å². The van der Waals surface area contributed by atoms with E-state index in [4.69, 9.17) is 16.3 Å². The molecule has 1 heterocycles. The van der Waals surface area contributed by atoms with Gasteiger partial charge in [0.2, 0.25) is 0 Å². The lowest BCUT2D eigenvalue weighted by Crippen LogP contribution is -2.34. The Morgan fingerprint density at radius 2 is 1.83 bits per heavy atom. The van der Waals surface area contributed by atoms with Crippen molar-refractivity contribution in [2.45, 2.75) is 30.8 Å². The van der Waals surface area contributed by atoms with E-state index < -0.39 is 33.4 Å². The molecular weight excluding hydrogens is 510 g/mol. The second kappa shape index (κ2) is 11.0. The molecule has 0 aliphatic heterocycles. The molecule has 4 aromatic rings. The van der Waals surface area contributed by atoms with Crippen molar-refractivity contribution >= 4 is 27.3 Å². The van der Waals surface area contributed by atoms with Crippen LogP contribution < -0.4 is 9.04 Å². The monoisotopic (exact) mass is 532 g/mol. The van der Waals surface area contributed by atoms with Gasteiger partial charge in [-0.3, -0.25) is 8.99 Å². The first-order chi connectivity index (χ1) is 17.3. The van der Waals surface area contributed by atoms with Gasteiger partial charge in [0.05, 0.1) is 29.4 Å². The Morgan fingerprint density at radius 3 is 2.56 bits per heavy atom. The van der Waals surface area contributed by atoms with Gasteiger partial charge >= 0.3 is 0 Å². The Labute approximate surface area is 212 Å². The van der Waals surface area contributed by atoms with Crippen molar-refractivity contribution in [3.8, 4) is 5.75 Å². The highest BCUT2D eigenvalue weighted by Crippen LogP contribution is 2.38. The summed E-state index contributed by atoms with van der Waals surface area (Å²) in [6.07, 6.45) is 3.94. The molecule has 1 unspecified atom stereocenters. The number of hydrogen-bond acceptors (Lipinski definition) is 5. The molecule has 0 radical (unpaired) electrons. The molecule has 4 rings (SSSR count). The molecule has 7 nitrogen and oxygen atoms in total. The minimum atomic E-state index is -4.34. The number of hydrogen-bond donors (Lipinski definition) is 0. The summed E-state index contributed by atoms with van der Waals surface area (Å²) >= 11 is 5.93. The number of ether oxygens (including phenoxy) is 1. The lowest BCUT2D eigenvalue weighted by molar-refractivity contribution is 0.294. The molecule has 0 bridgehead atoms. The maximum atomic E-state index is 15.0. The fraction of sp³-hybridized carbons (Fsp3) is 0.200. The van der Waals surface area contributed by atoms with Crippen molar-refractivity contribution in [2.24, 2.45) is 0 Å². The van der Waals surface area contributed by atoms with Gasteiger partial charge in [-0.05, 0) is 49.4 Å². The molecule has 0 amide bonds. The van der Waals surface area contributed by atoms with Crippen LogP contribution in [0, 0.1) is 11.6 Å². The van der Waals surface area contributed by atoms with Gasteiger partial charge in [0, 0.05) is 35.8 Å². The minimum Gasteiger partial charge on any atom is -0.493 e. The number of aryl methyl sites for hydroxylation is 1. The Hall–Kier alpha value is -3.50. The van der Waals surface area contributed by atoms with Crippen LogP contribution in [0.15, 0.2) is 84.0 Å². The van der Waals surface area contributed by atoms with E-state index in [2.05, 4.69) is 10.3 Å². The molecular formula is C25H23ClF2N4O3S. The van der Waals surface area contributed by atoms with Gasteiger partial charge in [0.15, 0.2) is 0 Å². The number of halogens is 3. The van der Waals surface area contributed by atoms with Crippen LogP contribution in [0.4, 0.5) is 14.5 Å². The fourth-order valence-electron chi connectivity index (χ4n) is 3.77. The third kappa shape index (κ3) is 5.66. The highest BCUT2D eigenvalue weighted by molar-refractivity contribution is 7.92. The zero-order valence-corrected chi connectivity index (χ0v) is 20.8. The van der Waals surface area contributed by atoms with Gasteiger partial charge in [-0.15, -0.1) is 5.10 Å². The predicted molar refractivity (Wildman–Crippen MR) is 132 cm³/mol. The molecule has 1 atom stereocenters. The first-order valence-corrected chi connectivity index (χ1v) is 12.9. The average Bonchev–Trinajstić information content (AvgIpc) is 3.38. The standard InChI is InChI=1S/C25H23ClF2N4O3S/c1-18(22-5-2-3-6-25(22)35-16-4-14-31-15-13-29-30-31)32(24-17-20(27)9-12-23(24)28)36(33,34)21-10-7-19(26)8-11-21/h2-3,5-13,15,17-18H,4,14,16H2,1H3. The average molecular weight is 533 g/mol. The van der Waals surface area contributed by atoms with E-state index in [1.807, 2.05) is 0 Å². The lowest BCUT2D eigenvalue weighted by Gasteiger charge is -2.32. The SMILES string of the molecule is CC(c1ccccc1OCCCn1ccnn1)N(c1cc(F)ccc1F)S(=O)(=O)c1ccc(Cl)cc1. The summed E-state index contributed by atoms with van der Waals surface area (Å²) in [5.41, 5.74) is 0.0675. The number of benzene rings is 3. The smallest absolute Gasteiger partial charge is 0.264 e. The largest absolute Gasteiger partial charge is 0.493 e. The summed E-state index contributed by atoms with van der Waals surface area (Å²) < 4.78 is 65.2. The number of para-hydroxylation sites is 1. The van der Waals surface area contributed by atoms with E-state index in [1.54, 1.807) is 48.3 Å². The number of anilines is 1. The summed E-state index contributed by atoms with van der Waals surface area (Å²) in [6.45, 7) is 2.50. The summed E-state index contributed by atoms with van der Waals surface area (Å²) in [5.74, 6) is -1.23. The first-order valence-electron chi connectivity index (χ1n) is 11.1. The summed E-state index contributed by atoms with van der Waals surface area (Å²) in [5, 5.41) is 8.00. The van der Waals surface area contributed by atoms with Crippen LogP contribution in [0.1, 0.15) is 24.9 Å². The van der Waals surface area contributed by atoms with Crippen LogP contribution in [-0.2, 0) is 16.6 Å². The summed E-state index contributed by atoms with van der Waals surface area (Å²) in [7, 11) is -4.34.